The summed E-state index contributed by atoms with van der Waals surface area (Å²) < 4.78 is 1.84. The van der Waals surface area contributed by atoms with Gasteiger partial charge in [-0.3, -0.25) is 4.79 Å². The molecule has 1 atom stereocenters. The lowest BCUT2D eigenvalue weighted by molar-refractivity contribution is 0.0711. The maximum absolute atomic E-state index is 12.6. The number of likely N-dealkylation sites (tertiary alicyclic amines) is 1. The lowest BCUT2D eigenvalue weighted by atomic mass is 10.1. The van der Waals surface area contributed by atoms with E-state index in [1.54, 1.807) is 6.20 Å². The molecule has 5 nitrogen and oxygen atoms in total. The van der Waals surface area contributed by atoms with Gasteiger partial charge in [0.2, 0.25) is 0 Å². The summed E-state index contributed by atoms with van der Waals surface area (Å²) in [5.41, 5.74) is 9.73. The number of pyridine rings is 1. The van der Waals surface area contributed by atoms with Gasteiger partial charge in [-0.05, 0) is 38.3 Å². The average molecular weight is 272 g/mol. The van der Waals surface area contributed by atoms with E-state index in [0.717, 1.165) is 30.6 Å². The van der Waals surface area contributed by atoms with Crippen LogP contribution in [-0.2, 0) is 0 Å². The Kier molecular flexibility index (Phi) is 3.22. The number of carbonyl (C=O) groups excluding carboxylic acids is 1. The molecular formula is C15H20N4O. The molecule has 0 radical (unpaired) electrons. The summed E-state index contributed by atoms with van der Waals surface area (Å²) in [7, 11) is 0. The summed E-state index contributed by atoms with van der Waals surface area (Å²) in [6.45, 7) is 5.48. The number of fused-ring (bicyclic) bond motifs is 1. The first-order chi connectivity index (χ1) is 9.58. The van der Waals surface area contributed by atoms with E-state index in [1.807, 2.05) is 35.4 Å². The van der Waals surface area contributed by atoms with Crippen LogP contribution in [0.5, 0.6) is 0 Å². The number of rotatable bonds is 1. The van der Waals surface area contributed by atoms with Gasteiger partial charge in [0.15, 0.2) is 0 Å². The fourth-order valence-corrected chi connectivity index (χ4v) is 2.81. The molecule has 1 fully saturated rings. The zero-order valence-corrected chi connectivity index (χ0v) is 12.0. The Morgan fingerprint density at radius 2 is 2.20 bits per heavy atom. The standard InChI is InChI=1S/C15H20N4O/c1-10-5-6-14-13(8-17-19(14)11(10)2)15(20)18-7-3-4-12(16)9-18/h5-6,8,12H,3-4,7,9,16H2,1-2H3. The Balaban J connectivity index is 1.98. The van der Waals surface area contributed by atoms with Crippen molar-refractivity contribution in [3.05, 3.63) is 35.2 Å². The molecule has 0 bridgehead atoms. The molecule has 5 heteroatoms. The van der Waals surface area contributed by atoms with E-state index in [9.17, 15) is 4.79 Å². The van der Waals surface area contributed by atoms with Crippen LogP contribution in [0.3, 0.4) is 0 Å². The highest BCUT2D eigenvalue weighted by atomic mass is 16.2. The molecule has 2 N–H and O–H groups in total. The van der Waals surface area contributed by atoms with Crippen LogP contribution in [0.1, 0.15) is 34.5 Å². The highest BCUT2D eigenvalue weighted by molar-refractivity contribution is 6.00. The molecule has 2 aromatic rings. The third-order valence-electron chi connectivity index (χ3n) is 4.16. The molecule has 1 saturated heterocycles. The molecule has 3 rings (SSSR count). The van der Waals surface area contributed by atoms with Crippen LogP contribution in [0.2, 0.25) is 0 Å². The van der Waals surface area contributed by atoms with Crippen molar-refractivity contribution in [2.24, 2.45) is 5.73 Å². The van der Waals surface area contributed by atoms with Crippen LogP contribution in [-0.4, -0.2) is 39.6 Å². The molecule has 0 aromatic carbocycles. The Morgan fingerprint density at radius 1 is 1.40 bits per heavy atom. The van der Waals surface area contributed by atoms with Crippen molar-refractivity contribution in [2.45, 2.75) is 32.7 Å². The highest BCUT2D eigenvalue weighted by Crippen LogP contribution is 2.19. The third kappa shape index (κ3) is 2.08. The van der Waals surface area contributed by atoms with Gasteiger partial charge in [-0.15, -0.1) is 0 Å². The number of piperidine rings is 1. The van der Waals surface area contributed by atoms with E-state index in [0.29, 0.717) is 12.1 Å². The summed E-state index contributed by atoms with van der Waals surface area (Å²) in [5.74, 6) is 0.0402. The minimum Gasteiger partial charge on any atom is -0.337 e. The monoisotopic (exact) mass is 272 g/mol. The Morgan fingerprint density at radius 3 is 2.95 bits per heavy atom. The fraction of sp³-hybridized carbons (Fsp3) is 0.467. The van der Waals surface area contributed by atoms with Crippen molar-refractivity contribution in [3.8, 4) is 0 Å². The van der Waals surface area contributed by atoms with Gasteiger partial charge in [-0.25, -0.2) is 4.52 Å². The molecule has 106 valence electrons. The zero-order chi connectivity index (χ0) is 14.3. The molecule has 2 aromatic heterocycles. The molecule has 3 heterocycles. The highest BCUT2D eigenvalue weighted by Gasteiger charge is 2.24. The first kappa shape index (κ1) is 13.1. The van der Waals surface area contributed by atoms with Crippen LogP contribution in [0, 0.1) is 13.8 Å². The van der Waals surface area contributed by atoms with Gasteiger partial charge < -0.3 is 10.6 Å². The van der Waals surface area contributed by atoms with Crippen molar-refractivity contribution >= 4 is 11.4 Å². The quantitative estimate of drug-likeness (QED) is 0.856. The summed E-state index contributed by atoms with van der Waals surface area (Å²) in [6, 6.07) is 4.09. The Hall–Kier alpha value is -1.88. The van der Waals surface area contributed by atoms with Crippen molar-refractivity contribution < 1.29 is 4.79 Å². The molecule has 1 aliphatic heterocycles. The normalized spacial score (nSPS) is 19.6. The predicted octanol–water partition coefficient (Wildman–Crippen LogP) is 1.51. The summed E-state index contributed by atoms with van der Waals surface area (Å²) >= 11 is 0. The fourth-order valence-electron chi connectivity index (χ4n) is 2.81. The van der Waals surface area contributed by atoms with Gasteiger partial charge in [0.1, 0.15) is 0 Å². The predicted molar refractivity (Wildman–Crippen MR) is 77.8 cm³/mol. The van der Waals surface area contributed by atoms with E-state index in [1.165, 1.54) is 5.56 Å². The second kappa shape index (κ2) is 4.90. The van der Waals surface area contributed by atoms with E-state index in [4.69, 9.17) is 5.73 Å². The smallest absolute Gasteiger partial charge is 0.257 e. The van der Waals surface area contributed by atoms with Crippen molar-refractivity contribution in [2.75, 3.05) is 13.1 Å². The Labute approximate surface area is 118 Å². The van der Waals surface area contributed by atoms with Gasteiger partial charge in [0.05, 0.1) is 17.3 Å². The third-order valence-corrected chi connectivity index (χ3v) is 4.16. The molecule has 0 aliphatic carbocycles. The van der Waals surface area contributed by atoms with Gasteiger partial charge >= 0.3 is 0 Å². The van der Waals surface area contributed by atoms with Crippen LogP contribution >= 0.6 is 0 Å². The van der Waals surface area contributed by atoms with E-state index in [-0.39, 0.29) is 11.9 Å². The average Bonchev–Trinajstić information content (AvgIpc) is 2.86. The van der Waals surface area contributed by atoms with Gasteiger partial charge in [0.25, 0.3) is 5.91 Å². The molecule has 0 saturated carbocycles. The summed E-state index contributed by atoms with van der Waals surface area (Å²) in [4.78, 5) is 14.5. The number of carbonyl (C=O) groups is 1. The number of aryl methyl sites for hydroxylation is 2. The van der Waals surface area contributed by atoms with Gasteiger partial charge in [-0.2, -0.15) is 5.10 Å². The number of nitrogens with zero attached hydrogens (tertiary/aromatic N) is 3. The lowest BCUT2D eigenvalue weighted by Crippen LogP contribution is -2.45. The maximum atomic E-state index is 12.6. The number of hydrogen-bond acceptors (Lipinski definition) is 3. The minimum absolute atomic E-state index is 0.0402. The maximum Gasteiger partial charge on any atom is 0.257 e. The molecule has 1 aliphatic rings. The first-order valence-electron chi connectivity index (χ1n) is 7.06. The summed E-state index contributed by atoms with van der Waals surface area (Å²) in [6.07, 6.45) is 3.64. The van der Waals surface area contributed by atoms with E-state index < -0.39 is 0 Å². The van der Waals surface area contributed by atoms with Crippen LogP contribution in [0.15, 0.2) is 18.3 Å². The molecule has 1 amide bonds. The molecule has 20 heavy (non-hydrogen) atoms. The number of hydrogen-bond donors (Lipinski definition) is 1. The lowest BCUT2D eigenvalue weighted by Gasteiger charge is -2.30. The molecular weight excluding hydrogens is 252 g/mol. The van der Waals surface area contributed by atoms with Crippen molar-refractivity contribution in [3.63, 3.8) is 0 Å². The SMILES string of the molecule is Cc1ccc2c(C(=O)N3CCCC(N)C3)cnn2c1C. The van der Waals surface area contributed by atoms with Crippen molar-refractivity contribution in [1.82, 2.24) is 14.5 Å². The Bertz CT molecular complexity index is 661. The van der Waals surface area contributed by atoms with E-state index >= 15 is 0 Å². The van der Waals surface area contributed by atoms with E-state index in [2.05, 4.69) is 5.10 Å². The topological polar surface area (TPSA) is 63.6 Å². The largest absolute Gasteiger partial charge is 0.337 e. The first-order valence-corrected chi connectivity index (χ1v) is 7.06. The van der Waals surface area contributed by atoms with Crippen molar-refractivity contribution in [1.29, 1.82) is 0 Å². The number of amides is 1. The summed E-state index contributed by atoms with van der Waals surface area (Å²) in [5, 5.41) is 4.35. The number of aromatic nitrogens is 2. The zero-order valence-electron chi connectivity index (χ0n) is 12.0. The number of nitrogens with two attached hydrogens (primary N) is 1. The minimum atomic E-state index is 0.0402. The van der Waals surface area contributed by atoms with Gasteiger partial charge in [0, 0.05) is 24.8 Å². The molecule has 1 unspecified atom stereocenters. The van der Waals surface area contributed by atoms with Crippen LogP contribution in [0.25, 0.3) is 5.52 Å². The van der Waals surface area contributed by atoms with Crippen LogP contribution < -0.4 is 5.73 Å². The molecule has 0 spiro atoms. The second-order valence-corrected chi connectivity index (χ2v) is 5.61. The second-order valence-electron chi connectivity index (χ2n) is 5.61. The van der Waals surface area contributed by atoms with Crippen LogP contribution in [0.4, 0.5) is 0 Å². The van der Waals surface area contributed by atoms with Gasteiger partial charge in [-0.1, -0.05) is 6.07 Å².